The minimum atomic E-state index is -0.605. The lowest BCUT2D eigenvalue weighted by Gasteiger charge is -2.28. The molecule has 1 unspecified atom stereocenters. The normalized spacial score (nSPS) is 15.3. The van der Waals surface area contributed by atoms with Crippen molar-refractivity contribution in [2.45, 2.75) is 26.3 Å². The molecule has 1 atom stereocenters. The highest BCUT2D eigenvalue weighted by Crippen LogP contribution is 2.40. The Morgan fingerprint density at radius 3 is 2.68 bits per heavy atom. The lowest BCUT2D eigenvalue weighted by molar-refractivity contribution is 0.280. The lowest BCUT2D eigenvalue weighted by atomic mass is 10.0. The monoisotopic (exact) mass is 439 g/mol. The highest BCUT2D eigenvalue weighted by Gasteiger charge is 2.26. The van der Waals surface area contributed by atoms with E-state index in [0.717, 1.165) is 33.3 Å². The number of nitrogens with zero attached hydrogens (tertiary/aromatic N) is 2. The number of aryl methyl sites for hydroxylation is 2. The number of anilines is 1. The van der Waals surface area contributed by atoms with E-state index in [-0.39, 0.29) is 12.2 Å². The Bertz CT molecular complexity index is 1250. The van der Waals surface area contributed by atoms with Crippen molar-refractivity contribution in [2.24, 2.45) is 0 Å². The zero-order chi connectivity index (χ0) is 21.5. The van der Waals surface area contributed by atoms with Crippen LogP contribution in [0.5, 0.6) is 5.75 Å². The van der Waals surface area contributed by atoms with Crippen LogP contribution in [0, 0.1) is 18.6 Å². The minimum Gasteiger partial charge on any atom is -0.489 e. The third-order valence-corrected chi connectivity index (χ3v) is 6.43. The zero-order valence-corrected chi connectivity index (χ0v) is 17.7. The van der Waals surface area contributed by atoms with Crippen LogP contribution in [0.4, 0.5) is 14.5 Å². The fraction of sp³-hybridized carbons (Fsp3) is 0.217. The van der Waals surface area contributed by atoms with Crippen LogP contribution in [-0.4, -0.2) is 16.7 Å². The Hall–Kier alpha value is -3.26. The first-order chi connectivity index (χ1) is 15.0. The molecule has 0 saturated carbocycles. The van der Waals surface area contributed by atoms with E-state index in [1.807, 2.05) is 31.2 Å². The van der Waals surface area contributed by atoms with Gasteiger partial charge in [-0.3, -0.25) is 0 Å². The van der Waals surface area contributed by atoms with Gasteiger partial charge in [-0.15, -0.1) is 11.3 Å². The molecule has 0 fully saturated rings. The summed E-state index contributed by atoms with van der Waals surface area (Å²) in [4.78, 5) is 5.92. The van der Waals surface area contributed by atoms with Gasteiger partial charge in [0.15, 0.2) is 0 Å². The van der Waals surface area contributed by atoms with Gasteiger partial charge in [0.1, 0.15) is 40.5 Å². The smallest absolute Gasteiger partial charge is 0.146 e. The molecule has 158 valence electrons. The van der Waals surface area contributed by atoms with Crippen LogP contribution in [0.15, 0.2) is 47.0 Å². The summed E-state index contributed by atoms with van der Waals surface area (Å²) in [7, 11) is 0. The molecular weight excluding hydrogens is 420 g/mol. The molecule has 0 amide bonds. The van der Waals surface area contributed by atoms with Crippen LogP contribution < -0.4 is 10.1 Å². The molecule has 0 saturated heterocycles. The summed E-state index contributed by atoms with van der Waals surface area (Å²) in [6, 6.07) is 10.8. The Kier molecular flexibility index (Phi) is 4.94. The van der Waals surface area contributed by atoms with Gasteiger partial charge in [-0.05, 0) is 37.6 Å². The number of nitrogens with one attached hydrogen (secondary N) is 1. The Morgan fingerprint density at radius 2 is 1.97 bits per heavy atom. The second-order valence-electron chi connectivity index (χ2n) is 7.32. The fourth-order valence-corrected chi connectivity index (χ4v) is 4.68. The molecule has 0 spiro atoms. The molecule has 5 nitrogen and oxygen atoms in total. The molecule has 0 radical (unpaired) electrons. The Morgan fingerprint density at radius 1 is 1.16 bits per heavy atom. The molecule has 5 rings (SSSR count). The van der Waals surface area contributed by atoms with Gasteiger partial charge in [-0.25, -0.2) is 13.8 Å². The first kappa shape index (κ1) is 19.7. The molecule has 4 aromatic rings. The van der Waals surface area contributed by atoms with Crippen LogP contribution in [0.1, 0.15) is 29.2 Å². The summed E-state index contributed by atoms with van der Waals surface area (Å²) in [6.07, 6.45) is 0.828. The van der Waals surface area contributed by atoms with E-state index in [2.05, 4.69) is 17.4 Å². The average Bonchev–Trinajstić information content (AvgIpc) is 3.39. The molecule has 1 aliphatic heterocycles. The van der Waals surface area contributed by atoms with Gasteiger partial charge < -0.3 is 14.6 Å². The van der Waals surface area contributed by atoms with Crippen molar-refractivity contribution >= 4 is 17.0 Å². The van der Waals surface area contributed by atoms with Crippen LogP contribution >= 0.6 is 11.3 Å². The molecular formula is C23H19F2N3O2S. The van der Waals surface area contributed by atoms with Crippen LogP contribution in [0.2, 0.25) is 0 Å². The van der Waals surface area contributed by atoms with Crippen molar-refractivity contribution in [1.82, 2.24) is 10.1 Å². The number of aromatic nitrogens is 2. The maximum atomic E-state index is 14.2. The average molecular weight is 439 g/mol. The van der Waals surface area contributed by atoms with Crippen molar-refractivity contribution in [1.29, 1.82) is 0 Å². The van der Waals surface area contributed by atoms with Gasteiger partial charge in [0, 0.05) is 22.1 Å². The molecule has 3 heterocycles. The number of rotatable bonds is 4. The highest BCUT2D eigenvalue weighted by molar-refractivity contribution is 7.15. The lowest BCUT2D eigenvalue weighted by Crippen LogP contribution is -2.25. The summed E-state index contributed by atoms with van der Waals surface area (Å²) < 4.78 is 39.4. The maximum absolute atomic E-state index is 14.2. The fourth-order valence-electron chi connectivity index (χ4n) is 3.70. The number of benzene rings is 2. The van der Waals surface area contributed by atoms with Crippen molar-refractivity contribution in [3.8, 4) is 27.7 Å². The summed E-state index contributed by atoms with van der Waals surface area (Å²) in [6.45, 7) is 4.05. The van der Waals surface area contributed by atoms with Gasteiger partial charge in [-0.2, -0.15) is 0 Å². The van der Waals surface area contributed by atoms with E-state index in [4.69, 9.17) is 14.2 Å². The van der Waals surface area contributed by atoms with Crippen LogP contribution in [0.3, 0.4) is 0 Å². The molecule has 8 heteroatoms. The highest BCUT2D eigenvalue weighted by atomic mass is 32.1. The predicted octanol–water partition coefficient (Wildman–Crippen LogP) is 6.16. The summed E-state index contributed by atoms with van der Waals surface area (Å²) in [5.74, 6) is 0.178. The number of fused-ring (bicyclic) bond motifs is 1. The van der Waals surface area contributed by atoms with Gasteiger partial charge >= 0.3 is 0 Å². The summed E-state index contributed by atoms with van der Waals surface area (Å²) in [5, 5.41) is 8.06. The maximum Gasteiger partial charge on any atom is 0.146 e. The number of ether oxygens (including phenoxy) is 1. The number of hydrogen-bond acceptors (Lipinski definition) is 6. The predicted molar refractivity (Wildman–Crippen MR) is 115 cm³/mol. The third kappa shape index (κ3) is 3.57. The minimum absolute atomic E-state index is 0.0162. The molecule has 31 heavy (non-hydrogen) atoms. The van der Waals surface area contributed by atoms with Gasteiger partial charge in [-0.1, -0.05) is 24.2 Å². The topological polar surface area (TPSA) is 60.2 Å². The second-order valence-corrected chi connectivity index (χ2v) is 8.40. The summed E-state index contributed by atoms with van der Waals surface area (Å²) in [5.41, 5.74) is 3.17. The van der Waals surface area contributed by atoms with Gasteiger partial charge in [0.05, 0.1) is 17.4 Å². The van der Waals surface area contributed by atoms with E-state index in [9.17, 15) is 8.78 Å². The SMILES string of the molecule is CCc1sc(-c2cc(C)on2)nc1-c1ccc2c(c1)OCC(c1c(F)cccc1F)N2. The first-order valence-electron chi connectivity index (χ1n) is 9.94. The van der Waals surface area contributed by atoms with E-state index in [1.54, 1.807) is 11.3 Å². The van der Waals surface area contributed by atoms with Crippen LogP contribution in [0.25, 0.3) is 22.0 Å². The van der Waals surface area contributed by atoms with E-state index in [1.165, 1.54) is 18.2 Å². The van der Waals surface area contributed by atoms with Gasteiger partial charge in [0.25, 0.3) is 0 Å². The largest absolute Gasteiger partial charge is 0.489 e. The van der Waals surface area contributed by atoms with E-state index < -0.39 is 17.7 Å². The van der Waals surface area contributed by atoms with Crippen molar-refractivity contribution in [3.63, 3.8) is 0 Å². The second kappa shape index (κ2) is 7.77. The Labute approximate surface area is 181 Å². The Balaban J connectivity index is 1.46. The molecule has 0 aliphatic carbocycles. The molecule has 2 aromatic carbocycles. The molecule has 0 bridgehead atoms. The van der Waals surface area contributed by atoms with E-state index in [0.29, 0.717) is 17.1 Å². The zero-order valence-electron chi connectivity index (χ0n) is 16.9. The number of thiazole rings is 1. The van der Waals surface area contributed by atoms with Crippen LogP contribution in [-0.2, 0) is 6.42 Å². The third-order valence-electron chi connectivity index (χ3n) is 5.20. The molecule has 2 aromatic heterocycles. The molecule has 1 aliphatic rings. The standard InChI is InChI=1S/C23H19F2N3O2S/c1-3-20-22(27-23(31-20)17-9-12(2)30-28-17)13-7-8-16-19(10-13)29-11-18(26-16)21-14(24)5-4-6-15(21)25/h4-10,18,26H,3,11H2,1-2H3. The van der Waals surface area contributed by atoms with Crippen molar-refractivity contribution in [3.05, 3.63) is 70.3 Å². The van der Waals surface area contributed by atoms with E-state index >= 15 is 0 Å². The first-order valence-corrected chi connectivity index (χ1v) is 10.8. The molecule has 1 N–H and O–H groups in total. The number of halogens is 2. The van der Waals surface area contributed by atoms with Crippen molar-refractivity contribution in [2.75, 3.05) is 11.9 Å². The van der Waals surface area contributed by atoms with Gasteiger partial charge in [0.2, 0.25) is 0 Å². The number of hydrogen-bond donors (Lipinski definition) is 1. The quantitative estimate of drug-likeness (QED) is 0.413. The van der Waals surface area contributed by atoms with Crippen molar-refractivity contribution < 1.29 is 18.0 Å². The summed E-state index contributed by atoms with van der Waals surface area (Å²) >= 11 is 1.59.